The molecule has 1 fully saturated rings. The minimum Gasteiger partial charge on any atom is -0.493 e. The normalized spacial score (nSPS) is 19.5. The number of unbranched alkanes of at least 4 members (excludes halogenated alkanes) is 1. The van der Waals surface area contributed by atoms with Crippen LogP contribution < -0.4 is 20.5 Å². The molecule has 1 heterocycles. The highest BCUT2D eigenvalue weighted by Gasteiger charge is 2.49. The number of aliphatic imine (C=N–C) groups is 1. The number of ether oxygens (including phenoxy) is 4. The Morgan fingerprint density at radius 1 is 1.11 bits per heavy atom. The predicted octanol–water partition coefficient (Wildman–Crippen LogP) is 4.86. The standard InChI is InChI=1S/C36H48ClN3O7/c1-4-45-35(43)34-29(23-44-17-14-38)40-28-19-36(2,3)20-30(42)33(28)32(34)27-18-24(37)12-13-31(27)46-16-9-8-15-39-21-25(41)22-47-26-10-6-5-7-11-26/h5-7,10-13,18,25,32-33,39,41H,4,8-9,14-17,19-23,38H2,1-3H3. The maximum Gasteiger partial charge on any atom is 0.336 e. The van der Waals surface area contributed by atoms with Crippen LogP contribution in [0.1, 0.15) is 57.9 Å². The van der Waals surface area contributed by atoms with Gasteiger partial charge < -0.3 is 35.1 Å². The molecule has 0 saturated heterocycles. The number of benzene rings is 2. The maximum absolute atomic E-state index is 13.8. The van der Waals surface area contributed by atoms with E-state index in [9.17, 15) is 14.7 Å². The number of fused-ring (bicyclic) bond motifs is 1. The number of nitrogens with one attached hydrogen (secondary N) is 1. The van der Waals surface area contributed by atoms with E-state index in [1.807, 2.05) is 30.3 Å². The second kappa shape index (κ2) is 17.8. The van der Waals surface area contributed by atoms with Gasteiger partial charge in [0, 0.05) is 41.7 Å². The van der Waals surface area contributed by atoms with Crippen molar-refractivity contribution in [1.82, 2.24) is 5.32 Å². The number of ketones is 1. The van der Waals surface area contributed by atoms with Gasteiger partial charge in [-0.25, -0.2) is 4.79 Å². The lowest BCUT2D eigenvalue weighted by Gasteiger charge is -2.41. The summed E-state index contributed by atoms with van der Waals surface area (Å²) in [6, 6.07) is 14.7. The van der Waals surface area contributed by atoms with Crippen LogP contribution in [0.4, 0.5) is 0 Å². The molecule has 3 atom stereocenters. The molecule has 47 heavy (non-hydrogen) atoms. The van der Waals surface area contributed by atoms with E-state index in [4.69, 9.17) is 41.3 Å². The van der Waals surface area contributed by atoms with Crippen LogP contribution in [-0.4, -0.2) is 81.3 Å². The lowest BCUT2D eigenvalue weighted by molar-refractivity contribution is -0.139. The Kier molecular flexibility index (Phi) is 13.8. The molecule has 3 unspecified atom stereocenters. The summed E-state index contributed by atoms with van der Waals surface area (Å²) in [7, 11) is 0. The maximum atomic E-state index is 13.8. The van der Waals surface area contributed by atoms with Gasteiger partial charge in [0.25, 0.3) is 0 Å². The van der Waals surface area contributed by atoms with Gasteiger partial charge in [0.05, 0.1) is 43.6 Å². The van der Waals surface area contributed by atoms with Crippen molar-refractivity contribution in [3.05, 3.63) is 70.4 Å². The number of para-hydroxylation sites is 1. The molecule has 2 aliphatic rings. The van der Waals surface area contributed by atoms with Gasteiger partial charge in [0.1, 0.15) is 30.0 Å². The minimum atomic E-state index is -0.698. The third kappa shape index (κ3) is 10.4. The van der Waals surface area contributed by atoms with Crippen LogP contribution in [0.3, 0.4) is 0 Å². The third-order valence-corrected chi connectivity index (χ3v) is 8.36. The first-order valence-corrected chi connectivity index (χ1v) is 16.8. The summed E-state index contributed by atoms with van der Waals surface area (Å²) in [4.78, 5) is 32.3. The molecule has 0 spiro atoms. The van der Waals surface area contributed by atoms with E-state index in [0.717, 1.165) is 24.3 Å². The summed E-state index contributed by atoms with van der Waals surface area (Å²) >= 11 is 6.54. The van der Waals surface area contributed by atoms with Gasteiger partial charge in [0.2, 0.25) is 0 Å². The van der Waals surface area contributed by atoms with Crippen LogP contribution in [0.5, 0.6) is 11.5 Å². The summed E-state index contributed by atoms with van der Waals surface area (Å²) in [5, 5.41) is 14.0. The second-order valence-electron chi connectivity index (χ2n) is 12.7. The van der Waals surface area contributed by atoms with Crippen molar-refractivity contribution in [2.45, 2.75) is 58.5 Å². The minimum absolute atomic E-state index is 0.0158. The molecule has 0 radical (unpaired) electrons. The summed E-state index contributed by atoms with van der Waals surface area (Å²) in [6.45, 7) is 8.39. The van der Waals surface area contributed by atoms with Crippen molar-refractivity contribution < 1.29 is 33.6 Å². The van der Waals surface area contributed by atoms with Crippen LogP contribution >= 0.6 is 11.6 Å². The Labute approximate surface area is 282 Å². The lowest BCUT2D eigenvalue weighted by atomic mass is 9.63. The molecule has 2 aromatic carbocycles. The van der Waals surface area contributed by atoms with Gasteiger partial charge in [0.15, 0.2) is 0 Å². The number of hydrogen-bond donors (Lipinski definition) is 3. The molecule has 0 aromatic heterocycles. The predicted molar refractivity (Wildman–Crippen MR) is 182 cm³/mol. The molecule has 1 saturated carbocycles. The molecule has 1 aliphatic heterocycles. The molecule has 4 N–H and O–H groups in total. The fraction of sp³-hybridized carbons (Fsp3) is 0.528. The van der Waals surface area contributed by atoms with E-state index >= 15 is 0 Å². The van der Waals surface area contributed by atoms with E-state index in [2.05, 4.69) is 19.2 Å². The monoisotopic (exact) mass is 669 g/mol. The van der Waals surface area contributed by atoms with Crippen LogP contribution in [-0.2, 0) is 19.1 Å². The Morgan fingerprint density at radius 2 is 1.89 bits per heavy atom. The topological polar surface area (TPSA) is 142 Å². The fourth-order valence-corrected chi connectivity index (χ4v) is 6.29. The molecular formula is C36H48ClN3O7. The Balaban J connectivity index is 1.47. The number of nitrogens with two attached hydrogens (primary N) is 1. The summed E-state index contributed by atoms with van der Waals surface area (Å²) < 4.78 is 23.2. The smallest absolute Gasteiger partial charge is 0.336 e. The average Bonchev–Trinajstić information content (AvgIpc) is 3.03. The first kappa shape index (κ1) is 36.6. The largest absolute Gasteiger partial charge is 0.493 e. The van der Waals surface area contributed by atoms with Gasteiger partial charge >= 0.3 is 5.97 Å². The first-order chi connectivity index (χ1) is 22.6. The lowest BCUT2D eigenvalue weighted by Crippen LogP contribution is -2.44. The molecule has 4 rings (SSSR count). The number of rotatable bonds is 18. The van der Waals surface area contributed by atoms with Gasteiger partial charge in [-0.3, -0.25) is 9.79 Å². The number of halogens is 1. The number of esters is 1. The zero-order valence-electron chi connectivity index (χ0n) is 27.6. The second-order valence-corrected chi connectivity index (χ2v) is 13.1. The number of nitrogens with zero attached hydrogens (tertiary/aromatic N) is 1. The molecular weight excluding hydrogens is 622 g/mol. The molecule has 1 aliphatic carbocycles. The molecule has 11 heteroatoms. The number of carbonyl (C=O) groups excluding carboxylic acids is 2. The summed E-state index contributed by atoms with van der Waals surface area (Å²) in [5.74, 6) is -0.609. The van der Waals surface area contributed by atoms with Crippen molar-refractivity contribution in [1.29, 1.82) is 0 Å². The van der Waals surface area contributed by atoms with E-state index in [0.29, 0.717) is 67.7 Å². The fourth-order valence-electron chi connectivity index (χ4n) is 6.11. The van der Waals surface area contributed by atoms with Crippen LogP contribution in [0, 0.1) is 11.3 Å². The highest BCUT2D eigenvalue weighted by molar-refractivity contribution is 6.30. The van der Waals surface area contributed by atoms with E-state index in [-0.39, 0.29) is 36.6 Å². The number of aliphatic hydroxyl groups excluding tert-OH is 1. The Morgan fingerprint density at radius 3 is 2.64 bits per heavy atom. The van der Waals surface area contributed by atoms with Crippen molar-refractivity contribution in [2.75, 3.05) is 52.7 Å². The van der Waals surface area contributed by atoms with Crippen LogP contribution in [0.2, 0.25) is 5.02 Å². The zero-order chi connectivity index (χ0) is 33.8. The molecule has 2 aromatic rings. The Bertz CT molecular complexity index is 1410. The van der Waals surface area contributed by atoms with Crippen molar-refractivity contribution in [3.63, 3.8) is 0 Å². The summed E-state index contributed by atoms with van der Waals surface area (Å²) in [5.41, 5.74) is 7.49. The number of Topliss-reactive ketones (excluding diaryl/α,β-unsaturated/α-hetero) is 1. The van der Waals surface area contributed by atoms with Gasteiger partial charge in [-0.2, -0.15) is 0 Å². The zero-order valence-corrected chi connectivity index (χ0v) is 28.4. The SMILES string of the molecule is CCOC(=O)C1=C(COCCN)N=C2CC(C)(C)CC(=O)C2C1c1cc(Cl)ccc1OCCCCNCC(O)COc1ccccc1. The number of hydrogen-bond acceptors (Lipinski definition) is 10. The van der Waals surface area contributed by atoms with Crippen LogP contribution in [0.25, 0.3) is 0 Å². The van der Waals surface area contributed by atoms with E-state index in [1.165, 1.54) is 0 Å². The number of aliphatic hydroxyl groups is 1. The molecule has 0 amide bonds. The average molecular weight is 670 g/mol. The third-order valence-electron chi connectivity index (χ3n) is 8.13. The number of carbonyl (C=O) groups is 2. The van der Waals surface area contributed by atoms with Crippen molar-refractivity contribution >= 4 is 29.1 Å². The Hall–Kier alpha value is -3.28. The van der Waals surface area contributed by atoms with Gasteiger partial charge in [-0.1, -0.05) is 43.6 Å². The van der Waals surface area contributed by atoms with Crippen molar-refractivity contribution in [3.8, 4) is 11.5 Å². The van der Waals surface area contributed by atoms with E-state index < -0.39 is 23.9 Å². The highest BCUT2D eigenvalue weighted by Crippen LogP contribution is 2.49. The summed E-state index contributed by atoms with van der Waals surface area (Å²) in [6.07, 6.45) is 1.87. The molecule has 0 bridgehead atoms. The van der Waals surface area contributed by atoms with Crippen molar-refractivity contribution in [2.24, 2.45) is 22.1 Å². The molecule has 256 valence electrons. The highest BCUT2D eigenvalue weighted by atomic mass is 35.5. The van der Waals surface area contributed by atoms with Gasteiger partial charge in [-0.05, 0) is 68.5 Å². The van der Waals surface area contributed by atoms with E-state index in [1.54, 1.807) is 25.1 Å². The first-order valence-electron chi connectivity index (χ1n) is 16.4. The van der Waals surface area contributed by atoms with Gasteiger partial charge in [-0.15, -0.1) is 0 Å². The van der Waals surface area contributed by atoms with Crippen LogP contribution in [0.15, 0.2) is 64.8 Å². The molecule has 10 nitrogen and oxygen atoms in total. The quantitative estimate of drug-likeness (QED) is 0.150.